The van der Waals surface area contributed by atoms with Crippen molar-refractivity contribution < 1.29 is 0 Å². The van der Waals surface area contributed by atoms with E-state index in [1.807, 2.05) is 32.3 Å². The summed E-state index contributed by atoms with van der Waals surface area (Å²) in [4.78, 5) is 18.7. The van der Waals surface area contributed by atoms with E-state index in [0.717, 1.165) is 73.7 Å². The zero-order valence-electron chi connectivity index (χ0n) is 18.6. The number of aromatic nitrogens is 3. The van der Waals surface area contributed by atoms with Gasteiger partial charge in [0.15, 0.2) is 0 Å². The van der Waals surface area contributed by atoms with Gasteiger partial charge < -0.3 is 20.4 Å². The van der Waals surface area contributed by atoms with Crippen LogP contribution in [0.4, 0.5) is 29.1 Å². The molecule has 1 aliphatic heterocycles. The Labute approximate surface area is 184 Å². The standard InChI is InChI=1S/C24H31N7/c1-4-7-19-9-11-20(12-10-19)27-23-18(2)22(25-3)28-24(29-23)31-16-14-30(15-17-31)21-8-5-6-13-26-21/h5-6,8-13H,4,7,14-17H2,1-3H3,(H2,25,27,28,29). The summed E-state index contributed by atoms with van der Waals surface area (Å²) >= 11 is 0. The number of rotatable bonds is 7. The Kier molecular flexibility index (Phi) is 6.50. The Balaban J connectivity index is 1.51. The van der Waals surface area contributed by atoms with E-state index in [0.29, 0.717) is 0 Å². The van der Waals surface area contributed by atoms with Gasteiger partial charge in [0.1, 0.15) is 17.5 Å². The predicted molar refractivity (Wildman–Crippen MR) is 129 cm³/mol. The molecule has 3 heterocycles. The van der Waals surface area contributed by atoms with Gasteiger partial charge in [-0.15, -0.1) is 0 Å². The van der Waals surface area contributed by atoms with Gasteiger partial charge >= 0.3 is 0 Å². The molecule has 1 fully saturated rings. The molecule has 2 N–H and O–H groups in total. The number of piperazine rings is 1. The highest BCUT2D eigenvalue weighted by molar-refractivity contribution is 5.67. The fourth-order valence-electron chi connectivity index (χ4n) is 3.87. The minimum Gasteiger partial charge on any atom is -0.373 e. The molecule has 0 unspecified atom stereocenters. The summed E-state index contributed by atoms with van der Waals surface area (Å²) in [7, 11) is 1.90. The van der Waals surface area contributed by atoms with Crippen LogP contribution in [0.5, 0.6) is 0 Å². The van der Waals surface area contributed by atoms with Crippen LogP contribution in [0, 0.1) is 6.92 Å². The summed E-state index contributed by atoms with van der Waals surface area (Å²) in [5.41, 5.74) is 3.40. The number of hydrogen-bond donors (Lipinski definition) is 2. The maximum absolute atomic E-state index is 4.89. The third-order valence-corrected chi connectivity index (χ3v) is 5.66. The fourth-order valence-corrected chi connectivity index (χ4v) is 3.87. The van der Waals surface area contributed by atoms with Gasteiger partial charge in [-0.3, -0.25) is 0 Å². The van der Waals surface area contributed by atoms with Gasteiger partial charge in [0, 0.05) is 50.7 Å². The first-order valence-corrected chi connectivity index (χ1v) is 11.0. The molecule has 162 valence electrons. The molecule has 0 bridgehead atoms. The van der Waals surface area contributed by atoms with Crippen molar-refractivity contribution in [3.8, 4) is 0 Å². The minimum absolute atomic E-state index is 0.751. The van der Waals surface area contributed by atoms with E-state index in [-0.39, 0.29) is 0 Å². The van der Waals surface area contributed by atoms with Crippen molar-refractivity contribution in [1.29, 1.82) is 0 Å². The summed E-state index contributed by atoms with van der Waals surface area (Å²) in [5.74, 6) is 3.46. The van der Waals surface area contributed by atoms with Crippen LogP contribution in [0.1, 0.15) is 24.5 Å². The van der Waals surface area contributed by atoms with Gasteiger partial charge in [-0.05, 0) is 43.2 Å². The molecule has 0 atom stereocenters. The lowest BCUT2D eigenvalue weighted by Gasteiger charge is -2.35. The molecule has 0 amide bonds. The number of nitrogens with one attached hydrogen (secondary N) is 2. The van der Waals surface area contributed by atoms with Crippen LogP contribution >= 0.6 is 0 Å². The van der Waals surface area contributed by atoms with Crippen LogP contribution in [0.2, 0.25) is 0 Å². The Morgan fingerprint density at radius 1 is 0.903 bits per heavy atom. The van der Waals surface area contributed by atoms with E-state index >= 15 is 0 Å². The fraction of sp³-hybridized carbons (Fsp3) is 0.375. The smallest absolute Gasteiger partial charge is 0.229 e. The number of anilines is 5. The van der Waals surface area contributed by atoms with Crippen molar-refractivity contribution in [2.24, 2.45) is 0 Å². The zero-order valence-corrected chi connectivity index (χ0v) is 18.6. The van der Waals surface area contributed by atoms with Crippen LogP contribution < -0.4 is 20.4 Å². The van der Waals surface area contributed by atoms with Gasteiger partial charge in [-0.1, -0.05) is 31.5 Å². The molecule has 4 rings (SSSR count). The summed E-state index contributed by atoms with van der Waals surface area (Å²) in [6, 6.07) is 14.6. The largest absolute Gasteiger partial charge is 0.373 e. The molecule has 7 heteroatoms. The molecule has 0 spiro atoms. The SMILES string of the molecule is CCCc1ccc(Nc2nc(N3CCN(c4ccccn4)CC3)nc(NC)c2C)cc1. The summed E-state index contributed by atoms with van der Waals surface area (Å²) in [6.07, 6.45) is 4.10. The van der Waals surface area contributed by atoms with Crippen molar-refractivity contribution >= 4 is 29.1 Å². The van der Waals surface area contributed by atoms with Gasteiger partial charge in [0.25, 0.3) is 0 Å². The summed E-state index contributed by atoms with van der Waals surface area (Å²) in [6.45, 7) is 7.74. The van der Waals surface area contributed by atoms with Crippen molar-refractivity contribution in [3.05, 3.63) is 59.8 Å². The van der Waals surface area contributed by atoms with Crippen molar-refractivity contribution in [2.75, 3.05) is 53.7 Å². The van der Waals surface area contributed by atoms with Crippen molar-refractivity contribution in [3.63, 3.8) is 0 Å². The van der Waals surface area contributed by atoms with Crippen LogP contribution in [-0.2, 0) is 6.42 Å². The number of pyridine rings is 1. The second-order valence-corrected chi connectivity index (χ2v) is 7.83. The third kappa shape index (κ3) is 4.87. The molecule has 0 saturated carbocycles. The quantitative estimate of drug-likeness (QED) is 0.596. The molecule has 1 saturated heterocycles. The van der Waals surface area contributed by atoms with E-state index in [9.17, 15) is 0 Å². The molecular formula is C24H31N7. The Hall–Kier alpha value is -3.35. The second-order valence-electron chi connectivity index (χ2n) is 7.83. The molecule has 7 nitrogen and oxygen atoms in total. The number of benzene rings is 1. The molecule has 1 aliphatic rings. The van der Waals surface area contributed by atoms with Crippen LogP contribution in [-0.4, -0.2) is 48.2 Å². The average molecular weight is 418 g/mol. The first-order valence-electron chi connectivity index (χ1n) is 11.0. The van der Waals surface area contributed by atoms with Crippen LogP contribution in [0.25, 0.3) is 0 Å². The predicted octanol–water partition coefficient (Wildman–Crippen LogP) is 4.24. The van der Waals surface area contributed by atoms with Gasteiger partial charge in [-0.25, -0.2) is 4.98 Å². The number of nitrogens with zero attached hydrogens (tertiary/aromatic N) is 5. The molecule has 0 radical (unpaired) electrons. The molecular weight excluding hydrogens is 386 g/mol. The lowest BCUT2D eigenvalue weighted by molar-refractivity contribution is 0.635. The van der Waals surface area contributed by atoms with Crippen LogP contribution in [0.3, 0.4) is 0 Å². The highest BCUT2D eigenvalue weighted by atomic mass is 15.3. The normalized spacial score (nSPS) is 13.9. The van der Waals surface area contributed by atoms with Crippen molar-refractivity contribution in [2.45, 2.75) is 26.7 Å². The highest BCUT2D eigenvalue weighted by Crippen LogP contribution is 2.27. The molecule has 31 heavy (non-hydrogen) atoms. The van der Waals surface area contributed by atoms with E-state index < -0.39 is 0 Å². The minimum atomic E-state index is 0.751. The highest BCUT2D eigenvalue weighted by Gasteiger charge is 2.22. The maximum atomic E-state index is 4.89. The van der Waals surface area contributed by atoms with E-state index in [1.165, 1.54) is 5.56 Å². The van der Waals surface area contributed by atoms with Crippen molar-refractivity contribution in [1.82, 2.24) is 15.0 Å². The summed E-state index contributed by atoms with van der Waals surface area (Å²) in [5, 5.41) is 6.72. The monoisotopic (exact) mass is 417 g/mol. The molecule has 3 aromatic rings. The third-order valence-electron chi connectivity index (χ3n) is 5.66. The van der Waals surface area contributed by atoms with Gasteiger partial charge in [-0.2, -0.15) is 9.97 Å². The maximum Gasteiger partial charge on any atom is 0.229 e. The Morgan fingerprint density at radius 3 is 2.26 bits per heavy atom. The van der Waals surface area contributed by atoms with Gasteiger partial charge in [0.2, 0.25) is 5.95 Å². The number of aryl methyl sites for hydroxylation is 1. The Bertz CT molecular complexity index is 981. The first-order chi connectivity index (χ1) is 15.2. The van der Waals surface area contributed by atoms with E-state index in [4.69, 9.17) is 9.97 Å². The topological polar surface area (TPSA) is 69.2 Å². The van der Waals surface area contributed by atoms with E-state index in [1.54, 1.807) is 0 Å². The molecule has 0 aliphatic carbocycles. The number of hydrogen-bond acceptors (Lipinski definition) is 7. The van der Waals surface area contributed by atoms with E-state index in [2.05, 4.69) is 62.7 Å². The average Bonchev–Trinajstić information content (AvgIpc) is 2.82. The lowest BCUT2D eigenvalue weighted by Crippen LogP contribution is -2.47. The van der Waals surface area contributed by atoms with Gasteiger partial charge in [0.05, 0.1) is 0 Å². The zero-order chi connectivity index (χ0) is 21.6. The first kappa shape index (κ1) is 20.9. The lowest BCUT2D eigenvalue weighted by atomic mass is 10.1. The van der Waals surface area contributed by atoms with Crippen LogP contribution in [0.15, 0.2) is 48.7 Å². The Morgan fingerprint density at radius 2 is 1.61 bits per heavy atom. The second kappa shape index (κ2) is 9.64. The molecule has 1 aromatic carbocycles. The molecule has 2 aromatic heterocycles. The summed E-state index contributed by atoms with van der Waals surface area (Å²) < 4.78 is 0.